The number of rotatable bonds is 6. The number of hydrogen-bond donors (Lipinski definition) is 2. The molecule has 3 heterocycles. The third kappa shape index (κ3) is 4.58. The van der Waals surface area contributed by atoms with Crippen LogP contribution < -0.4 is 11.5 Å². The van der Waals surface area contributed by atoms with E-state index in [1.54, 1.807) is 0 Å². The molecule has 2 fully saturated rings. The summed E-state index contributed by atoms with van der Waals surface area (Å²) in [5.41, 5.74) is 16.7. The van der Waals surface area contributed by atoms with Crippen molar-refractivity contribution in [1.29, 1.82) is 0 Å². The summed E-state index contributed by atoms with van der Waals surface area (Å²) in [6, 6.07) is 20.3. The molecule has 0 atom stereocenters. The third-order valence-electron chi connectivity index (χ3n) is 7.90. The molecule has 1 saturated heterocycles. The lowest BCUT2D eigenvalue weighted by Crippen LogP contribution is -2.47. The number of pyridine rings is 1. The number of carbonyl (C=O) groups is 1. The number of nitrogens with two attached hydrogens (primary N) is 2. The second-order valence-electron chi connectivity index (χ2n) is 10.5. The van der Waals surface area contributed by atoms with E-state index in [9.17, 15) is 4.79 Å². The van der Waals surface area contributed by atoms with E-state index in [0.717, 1.165) is 73.3 Å². The number of anilines is 1. The highest BCUT2D eigenvalue weighted by Crippen LogP contribution is 2.41. The minimum atomic E-state index is -0.557. The van der Waals surface area contributed by atoms with Gasteiger partial charge in [0.05, 0.1) is 17.3 Å². The maximum Gasteiger partial charge on any atom is 0.254 e. The predicted octanol–water partition coefficient (Wildman–Crippen LogP) is 3.64. The maximum absolute atomic E-state index is 12.5. The molecule has 4 aromatic rings. The summed E-state index contributed by atoms with van der Waals surface area (Å²) < 4.78 is 1.83. The monoisotopic (exact) mass is 495 g/mol. The molecule has 0 radical (unpaired) electrons. The van der Waals surface area contributed by atoms with Gasteiger partial charge in [0.1, 0.15) is 17.1 Å². The van der Waals surface area contributed by atoms with Crippen molar-refractivity contribution in [2.45, 2.75) is 18.9 Å². The highest BCUT2D eigenvalue weighted by molar-refractivity contribution is 6.04. The molecule has 0 bridgehead atoms. The number of amides is 1. The van der Waals surface area contributed by atoms with Crippen LogP contribution >= 0.6 is 0 Å². The Morgan fingerprint density at radius 1 is 0.973 bits per heavy atom. The lowest BCUT2D eigenvalue weighted by Gasteiger charge is -2.41. The summed E-state index contributed by atoms with van der Waals surface area (Å²) in [6.45, 7) is 5.61. The number of piperazine rings is 1. The number of nitrogen functional groups attached to an aromatic ring is 1. The van der Waals surface area contributed by atoms with Crippen LogP contribution in [0.4, 0.5) is 5.82 Å². The molecule has 2 aliphatic rings. The average molecular weight is 496 g/mol. The molecule has 1 saturated carbocycles. The van der Waals surface area contributed by atoms with Gasteiger partial charge in [-0.25, -0.2) is 9.67 Å². The summed E-state index contributed by atoms with van der Waals surface area (Å²) in [5.74, 6) is 0.425. The molecule has 4 N–H and O–H groups in total. The molecule has 6 rings (SSSR count). The molecule has 1 aliphatic heterocycles. The van der Waals surface area contributed by atoms with Gasteiger partial charge in [-0.1, -0.05) is 48.5 Å². The van der Waals surface area contributed by atoms with Crippen LogP contribution in [0.2, 0.25) is 0 Å². The van der Waals surface area contributed by atoms with Crippen molar-refractivity contribution < 1.29 is 4.79 Å². The zero-order valence-electron chi connectivity index (χ0n) is 21.2. The number of likely N-dealkylation sites (N-methyl/N-ethyl adjacent to an activating group) is 1. The van der Waals surface area contributed by atoms with Gasteiger partial charge in [0, 0.05) is 49.2 Å². The Kier molecular flexibility index (Phi) is 6.14. The molecule has 1 amide bonds. The Morgan fingerprint density at radius 2 is 1.70 bits per heavy atom. The molecule has 2 aromatic heterocycles. The first-order valence-electron chi connectivity index (χ1n) is 13.0. The Bertz CT molecular complexity index is 1430. The highest BCUT2D eigenvalue weighted by Gasteiger charge is 2.35. The maximum atomic E-state index is 12.5. The lowest BCUT2D eigenvalue weighted by atomic mass is 9.80. The zero-order chi connectivity index (χ0) is 25.5. The zero-order valence-corrected chi connectivity index (χ0v) is 21.2. The van der Waals surface area contributed by atoms with Crippen LogP contribution in [-0.4, -0.2) is 70.2 Å². The summed E-state index contributed by atoms with van der Waals surface area (Å²) in [5, 5.41) is 5.86. The molecule has 0 unspecified atom stereocenters. The molecule has 0 spiro atoms. The minimum absolute atomic E-state index is 0.188. The average Bonchev–Trinajstić information content (AvgIpc) is 3.23. The largest absolute Gasteiger partial charge is 0.383 e. The van der Waals surface area contributed by atoms with E-state index in [1.807, 2.05) is 59.3 Å². The lowest BCUT2D eigenvalue weighted by molar-refractivity contribution is 0.0879. The molecule has 8 heteroatoms. The molecular weight excluding hydrogens is 462 g/mol. The van der Waals surface area contributed by atoms with Crippen molar-refractivity contribution in [2.24, 2.45) is 11.7 Å². The quantitative estimate of drug-likeness (QED) is 0.423. The first kappa shape index (κ1) is 23.6. The van der Waals surface area contributed by atoms with E-state index in [-0.39, 0.29) is 6.04 Å². The van der Waals surface area contributed by atoms with Crippen LogP contribution in [-0.2, 0) is 0 Å². The number of primary amides is 1. The first-order valence-corrected chi connectivity index (χ1v) is 13.0. The second-order valence-corrected chi connectivity index (χ2v) is 10.5. The first-order chi connectivity index (χ1) is 18.0. The van der Waals surface area contributed by atoms with Gasteiger partial charge >= 0.3 is 0 Å². The van der Waals surface area contributed by atoms with Crippen LogP contribution in [0.15, 0.2) is 60.7 Å². The van der Waals surface area contributed by atoms with E-state index in [1.165, 1.54) is 0 Å². The number of aromatic nitrogens is 3. The van der Waals surface area contributed by atoms with Crippen LogP contribution in [0.25, 0.3) is 33.4 Å². The fourth-order valence-corrected chi connectivity index (χ4v) is 5.65. The fraction of sp³-hybridized carbons (Fsp3) is 0.345. The predicted molar refractivity (Wildman–Crippen MR) is 147 cm³/mol. The molecule has 190 valence electrons. The van der Waals surface area contributed by atoms with Gasteiger partial charge in [-0.3, -0.25) is 4.79 Å². The van der Waals surface area contributed by atoms with Gasteiger partial charge in [0.2, 0.25) is 0 Å². The molecule has 8 nitrogen and oxygen atoms in total. The third-order valence-corrected chi connectivity index (χ3v) is 7.90. The number of fused-ring (bicyclic) bond motifs is 1. The van der Waals surface area contributed by atoms with E-state index in [0.29, 0.717) is 23.0 Å². The molecule has 2 aromatic carbocycles. The van der Waals surface area contributed by atoms with E-state index < -0.39 is 5.91 Å². The van der Waals surface area contributed by atoms with Gasteiger partial charge in [0.25, 0.3) is 5.91 Å². The Labute approximate surface area is 216 Å². The number of nitrogens with zero attached hydrogens (tertiary/aromatic N) is 5. The minimum Gasteiger partial charge on any atom is -0.383 e. The summed E-state index contributed by atoms with van der Waals surface area (Å²) >= 11 is 0. The number of benzene rings is 2. The number of carbonyl (C=O) groups excluding carboxylic acids is 1. The standard InChI is InChI=1S/C29H33N7O/c1-34-11-13-35(14-12-34)18-19-15-23(16-19)36-28(30)26(29(31)37)27(33-36)22-8-7-21-9-10-24(32-25(21)17-22)20-5-3-2-4-6-20/h2-10,17,19,23H,11-16,18,30H2,1H3,(H2,31,37). The Morgan fingerprint density at radius 3 is 2.43 bits per heavy atom. The smallest absolute Gasteiger partial charge is 0.254 e. The normalized spacial score (nSPS) is 20.7. The van der Waals surface area contributed by atoms with Gasteiger partial charge in [-0.05, 0) is 37.9 Å². The SMILES string of the molecule is CN1CCN(CC2CC(n3nc(-c4ccc5ccc(-c6ccccc6)nc5c4)c(C(N)=O)c3N)C2)CC1. The van der Waals surface area contributed by atoms with Crippen LogP contribution in [0, 0.1) is 5.92 Å². The van der Waals surface area contributed by atoms with Crippen molar-refractivity contribution in [3.8, 4) is 22.5 Å². The summed E-state index contributed by atoms with van der Waals surface area (Å²) in [6.07, 6.45) is 2.02. The van der Waals surface area contributed by atoms with Crippen molar-refractivity contribution in [3.05, 3.63) is 66.2 Å². The second kappa shape index (κ2) is 9.61. The van der Waals surface area contributed by atoms with E-state index >= 15 is 0 Å². The van der Waals surface area contributed by atoms with Crippen LogP contribution in [0.3, 0.4) is 0 Å². The van der Waals surface area contributed by atoms with Crippen molar-refractivity contribution in [3.63, 3.8) is 0 Å². The Hall–Kier alpha value is -3.75. The Balaban J connectivity index is 1.26. The molecule has 37 heavy (non-hydrogen) atoms. The van der Waals surface area contributed by atoms with Crippen LogP contribution in [0.5, 0.6) is 0 Å². The van der Waals surface area contributed by atoms with E-state index in [2.05, 4.69) is 22.9 Å². The number of hydrogen-bond acceptors (Lipinski definition) is 6. The summed E-state index contributed by atoms with van der Waals surface area (Å²) in [4.78, 5) is 22.3. The van der Waals surface area contributed by atoms with Crippen molar-refractivity contribution >= 4 is 22.6 Å². The summed E-state index contributed by atoms with van der Waals surface area (Å²) in [7, 11) is 2.18. The van der Waals surface area contributed by atoms with Crippen molar-refractivity contribution in [1.82, 2.24) is 24.6 Å². The van der Waals surface area contributed by atoms with Gasteiger partial charge in [0.15, 0.2) is 0 Å². The molecule has 1 aliphatic carbocycles. The highest BCUT2D eigenvalue weighted by atomic mass is 16.1. The molecular formula is C29H33N7O. The topological polar surface area (TPSA) is 106 Å². The van der Waals surface area contributed by atoms with Gasteiger partial charge < -0.3 is 21.3 Å². The van der Waals surface area contributed by atoms with Crippen LogP contribution in [0.1, 0.15) is 29.2 Å². The van der Waals surface area contributed by atoms with Gasteiger partial charge in [-0.2, -0.15) is 5.10 Å². The van der Waals surface area contributed by atoms with E-state index in [4.69, 9.17) is 21.5 Å². The van der Waals surface area contributed by atoms with Crippen molar-refractivity contribution in [2.75, 3.05) is 45.5 Å². The fourth-order valence-electron chi connectivity index (χ4n) is 5.65. The van der Waals surface area contributed by atoms with Gasteiger partial charge in [-0.15, -0.1) is 0 Å².